The Morgan fingerprint density at radius 3 is 2.20 bits per heavy atom. The largest absolute Gasteiger partial charge is 0.330 e. The number of unbranched alkanes of at least 4 members (excludes halogenated alkanes) is 5. The molecule has 0 spiro atoms. The van der Waals surface area contributed by atoms with Gasteiger partial charge in [0.1, 0.15) is 0 Å². The highest BCUT2D eigenvalue weighted by Gasteiger charge is 1.88. The zero-order chi connectivity index (χ0) is 7.66. The van der Waals surface area contributed by atoms with Crippen molar-refractivity contribution in [2.75, 3.05) is 5.75 Å². The Hall–Kier alpha value is 0.310. The van der Waals surface area contributed by atoms with Crippen LogP contribution in [0.25, 0.3) is 0 Å². The summed E-state index contributed by atoms with van der Waals surface area (Å²) in [6.07, 6.45) is 7.85. The second-order valence-corrected chi connectivity index (χ2v) is 3.27. The molecule has 0 aliphatic carbocycles. The van der Waals surface area contributed by atoms with E-state index in [2.05, 4.69) is 6.92 Å². The molecule has 0 rings (SSSR count). The molecule has 0 heterocycles. The summed E-state index contributed by atoms with van der Waals surface area (Å²) in [5.74, 6) is 0.909. The van der Waals surface area contributed by atoms with Crippen LogP contribution in [-0.2, 0) is 0 Å². The van der Waals surface area contributed by atoms with E-state index >= 15 is 0 Å². The Balaban J connectivity index is 2.65. The van der Waals surface area contributed by atoms with Gasteiger partial charge in [0, 0.05) is 5.75 Å². The predicted octanol–water partition coefficient (Wildman–Crippen LogP) is 3.55. The molecule has 0 saturated carbocycles. The maximum Gasteiger partial charge on any atom is 0.0195 e. The first-order chi connectivity index (χ1) is 4.91. The molecule has 10 heavy (non-hydrogen) atoms. The molecular formula is C8H18OS. The Labute approximate surface area is 68.4 Å². The molecule has 0 amide bonds. The Morgan fingerprint density at radius 1 is 1.00 bits per heavy atom. The molecule has 0 bridgehead atoms. The molecule has 0 aliphatic heterocycles. The van der Waals surface area contributed by atoms with Gasteiger partial charge in [-0.2, -0.15) is 0 Å². The monoisotopic (exact) mass is 162 g/mol. The first-order valence-corrected chi connectivity index (χ1v) is 5.12. The van der Waals surface area contributed by atoms with Gasteiger partial charge in [-0.05, 0) is 18.5 Å². The highest BCUT2D eigenvalue weighted by atomic mass is 32.2. The summed E-state index contributed by atoms with van der Waals surface area (Å²) >= 11 is 0.965. The highest BCUT2D eigenvalue weighted by molar-refractivity contribution is 7.93. The van der Waals surface area contributed by atoms with E-state index in [1.54, 1.807) is 0 Å². The molecule has 0 saturated heterocycles. The van der Waals surface area contributed by atoms with Gasteiger partial charge in [0.2, 0.25) is 0 Å². The van der Waals surface area contributed by atoms with Crippen molar-refractivity contribution in [2.24, 2.45) is 0 Å². The predicted molar refractivity (Wildman–Crippen MR) is 48.5 cm³/mol. The van der Waals surface area contributed by atoms with Gasteiger partial charge in [0.15, 0.2) is 0 Å². The molecule has 0 unspecified atom stereocenters. The van der Waals surface area contributed by atoms with Crippen molar-refractivity contribution in [3.05, 3.63) is 0 Å². The molecule has 0 aromatic heterocycles. The highest BCUT2D eigenvalue weighted by Crippen LogP contribution is 2.06. The third kappa shape index (κ3) is 8.31. The van der Waals surface area contributed by atoms with Gasteiger partial charge < -0.3 is 4.55 Å². The van der Waals surface area contributed by atoms with Gasteiger partial charge in [-0.3, -0.25) is 0 Å². The van der Waals surface area contributed by atoms with E-state index in [4.69, 9.17) is 4.55 Å². The van der Waals surface area contributed by atoms with E-state index in [9.17, 15) is 0 Å². The van der Waals surface area contributed by atoms with Crippen LogP contribution in [0.4, 0.5) is 0 Å². The van der Waals surface area contributed by atoms with E-state index in [1.807, 2.05) is 0 Å². The van der Waals surface area contributed by atoms with Crippen LogP contribution in [-0.4, -0.2) is 10.3 Å². The lowest BCUT2D eigenvalue weighted by atomic mass is 10.1. The summed E-state index contributed by atoms with van der Waals surface area (Å²) in [5.41, 5.74) is 0. The molecule has 0 fully saturated rings. The molecule has 0 aromatic rings. The number of rotatable bonds is 7. The van der Waals surface area contributed by atoms with Crippen molar-refractivity contribution < 1.29 is 4.55 Å². The second-order valence-electron chi connectivity index (χ2n) is 2.60. The molecule has 2 heteroatoms. The normalized spacial score (nSPS) is 10.2. The van der Waals surface area contributed by atoms with Crippen molar-refractivity contribution in [2.45, 2.75) is 45.4 Å². The smallest absolute Gasteiger partial charge is 0.0195 e. The van der Waals surface area contributed by atoms with Crippen LogP contribution in [0.15, 0.2) is 0 Å². The van der Waals surface area contributed by atoms with Crippen molar-refractivity contribution in [1.82, 2.24) is 0 Å². The lowest BCUT2D eigenvalue weighted by Crippen LogP contribution is -1.80. The summed E-state index contributed by atoms with van der Waals surface area (Å²) in [7, 11) is 0. The van der Waals surface area contributed by atoms with Crippen LogP contribution < -0.4 is 0 Å². The van der Waals surface area contributed by atoms with Crippen LogP contribution in [0.5, 0.6) is 0 Å². The maximum atomic E-state index is 8.39. The zero-order valence-corrected chi connectivity index (χ0v) is 7.62. The molecule has 62 valence electrons. The van der Waals surface area contributed by atoms with E-state index in [-0.39, 0.29) is 0 Å². The van der Waals surface area contributed by atoms with Crippen LogP contribution in [0, 0.1) is 0 Å². The topological polar surface area (TPSA) is 20.2 Å². The third-order valence-electron chi connectivity index (χ3n) is 1.59. The summed E-state index contributed by atoms with van der Waals surface area (Å²) < 4.78 is 8.39. The fraction of sp³-hybridized carbons (Fsp3) is 1.00. The molecule has 0 aliphatic rings. The van der Waals surface area contributed by atoms with E-state index in [1.165, 1.54) is 38.5 Å². The molecule has 0 atom stereocenters. The minimum Gasteiger partial charge on any atom is -0.330 e. The van der Waals surface area contributed by atoms with E-state index in [0.29, 0.717) is 0 Å². The van der Waals surface area contributed by atoms with Gasteiger partial charge >= 0.3 is 0 Å². The SMILES string of the molecule is CCCCCCCCSO. The first kappa shape index (κ1) is 10.3. The Kier molecular flexibility index (Phi) is 9.60. The van der Waals surface area contributed by atoms with Crippen LogP contribution >= 0.6 is 12.0 Å². The lowest BCUT2D eigenvalue weighted by molar-refractivity contribution is 0.618. The fourth-order valence-electron chi connectivity index (χ4n) is 0.947. The van der Waals surface area contributed by atoms with Gasteiger partial charge in [-0.15, -0.1) is 0 Å². The van der Waals surface area contributed by atoms with E-state index in [0.717, 1.165) is 17.8 Å². The summed E-state index contributed by atoms with van der Waals surface area (Å²) in [5, 5.41) is 0. The molecule has 1 nitrogen and oxygen atoms in total. The van der Waals surface area contributed by atoms with Crippen molar-refractivity contribution in [3.63, 3.8) is 0 Å². The molecular weight excluding hydrogens is 144 g/mol. The average Bonchev–Trinajstić information content (AvgIpc) is 1.97. The maximum absolute atomic E-state index is 8.39. The zero-order valence-electron chi connectivity index (χ0n) is 6.81. The van der Waals surface area contributed by atoms with E-state index < -0.39 is 0 Å². The quantitative estimate of drug-likeness (QED) is 0.456. The van der Waals surface area contributed by atoms with Crippen molar-refractivity contribution in [1.29, 1.82) is 0 Å². The summed E-state index contributed by atoms with van der Waals surface area (Å²) in [6, 6.07) is 0. The summed E-state index contributed by atoms with van der Waals surface area (Å²) in [6.45, 7) is 2.23. The Morgan fingerprint density at radius 2 is 1.60 bits per heavy atom. The van der Waals surface area contributed by atoms with Gasteiger partial charge in [-0.1, -0.05) is 39.0 Å². The van der Waals surface area contributed by atoms with Crippen molar-refractivity contribution >= 4 is 12.0 Å². The molecule has 1 N–H and O–H groups in total. The standard InChI is InChI=1S/C8H18OS/c1-2-3-4-5-6-7-8-10-9/h9H,2-8H2,1H3. The van der Waals surface area contributed by atoms with Gasteiger partial charge in [0.05, 0.1) is 0 Å². The molecule has 0 radical (unpaired) electrons. The van der Waals surface area contributed by atoms with Crippen LogP contribution in [0.2, 0.25) is 0 Å². The number of hydrogen-bond acceptors (Lipinski definition) is 2. The Bertz CT molecular complexity index is 49.2. The van der Waals surface area contributed by atoms with Crippen molar-refractivity contribution in [3.8, 4) is 0 Å². The van der Waals surface area contributed by atoms with Gasteiger partial charge in [0.25, 0.3) is 0 Å². The summed E-state index contributed by atoms with van der Waals surface area (Å²) in [4.78, 5) is 0. The fourth-order valence-corrected chi connectivity index (χ4v) is 1.28. The third-order valence-corrected chi connectivity index (χ3v) is 2.06. The lowest BCUT2D eigenvalue weighted by Gasteiger charge is -1.97. The average molecular weight is 162 g/mol. The minimum atomic E-state index is 0.909. The van der Waals surface area contributed by atoms with Gasteiger partial charge in [-0.25, -0.2) is 0 Å². The molecule has 0 aromatic carbocycles. The first-order valence-electron chi connectivity index (χ1n) is 4.18. The van der Waals surface area contributed by atoms with Crippen LogP contribution in [0.1, 0.15) is 45.4 Å². The second kappa shape index (κ2) is 9.31. The minimum absolute atomic E-state index is 0.909. The number of hydrogen-bond donors (Lipinski definition) is 1. The van der Waals surface area contributed by atoms with Crippen LogP contribution in [0.3, 0.4) is 0 Å².